The van der Waals surface area contributed by atoms with Gasteiger partial charge in [-0.05, 0) is 62.4 Å². The monoisotopic (exact) mass is 275 g/mol. The second-order valence-corrected chi connectivity index (χ2v) is 6.22. The third kappa shape index (κ3) is 2.64. The van der Waals surface area contributed by atoms with Crippen LogP contribution in [0.2, 0.25) is 0 Å². The SMILES string of the molecule is Cc1ccc(F)cc1CN1CCCC1C1CCCC1=O. The van der Waals surface area contributed by atoms with Crippen LogP contribution in [0.1, 0.15) is 43.2 Å². The molecular formula is C17H22FNO. The van der Waals surface area contributed by atoms with E-state index in [9.17, 15) is 9.18 Å². The summed E-state index contributed by atoms with van der Waals surface area (Å²) in [6, 6.07) is 5.38. The predicted molar refractivity (Wildman–Crippen MR) is 76.9 cm³/mol. The molecule has 0 amide bonds. The fraction of sp³-hybridized carbons (Fsp3) is 0.588. The van der Waals surface area contributed by atoms with Gasteiger partial charge in [0.25, 0.3) is 0 Å². The lowest BCUT2D eigenvalue weighted by Gasteiger charge is -2.29. The summed E-state index contributed by atoms with van der Waals surface area (Å²) in [6.07, 6.45) is 5.12. The highest BCUT2D eigenvalue weighted by molar-refractivity contribution is 5.83. The third-order valence-electron chi connectivity index (χ3n) is 4.92. The van der Waals surface area contributed by atoms with E-state index in [1.807, 2.05) is 13.0 Å². The molecular weight excluding hydrogens is 253 g/mol. The molecule has 2 nitrogen and oxygen atoms in total. The van der Waals surface area contributed by atoms with Crippen molar-refractivity contribution >= 4 is 5.78 Å². The minimum atomic E-state index is -0.168. The summed E-state index contributed by atoms with van der Waals surface area (Å²) >= 11 is 0. The Bertz CT molecular complexity index is 514. The first-order valence-electron chi connectivity index (χ1n) is 7.67. The number of likely N-dealkylation sites (tertiary alicyclic amines) is 1. The van der Waals surface area contributed by atoms with Gasteiger partial charge in [0.1, 0.15) is 11.6 Å². The lowest BCUT2D eigenvalue weighted by Crippen LogP contribution is -2.37. The van der Waals surface area contributed by atoms with Crippen LogP contribution in [0.15, 0.2) is 18.2 Å². The Labute approximate surface area is 120 Å². The van der Waals surface area contributed by atoms with Crippen LogP contribution < -0.4 is 0 Å². The first kappa shape index (κ1) is 13.7. The van der Waals surface area contributed by atoms with Crippen molar-refractivity contribution in [1.82, 2.24) is 4.90 Å². The van der Waals surface area contributed by atoms with Gasteiger partial charge in [-0.1, -0.05) is 6.07 Å². The van der Waals surface area contributed by atoms with Crippen molar-refractivity contribution in [3.8, 4) is 0 Å². The normalized spacial score (nSPS) is 27.4. The molecule has 1 aromatic rings. The molecule has 3 heteroatoms. The summed E-state index contributed by atoms with van der Waals surface area (Å²) in [5.74, 6) is 0.502. The van der Waals surface area contributed by atoms with Gasteiger partial charge in [-0.3, -0.25) is 9.69 Å². The van der Waals surface area contributed by atoms with E-state index >= 15 is 0 Å². The standard InChI is InChI=1S/C17H22FNO/c1-12-7-8-14(18)10-13(12)11-19-9-3-5-16(19)15-4-2-6-17(15)20/h7-8,10,15-16H,2-6,9,11H2,1H3. The van der Waals surface area contributed by atoms with Gasteiger partial charge in [0.2, 0.25) is 0 Å². The van der Waals surface area contributed by atoms with E-state index in [4.69, 9.17) is 0 Å². The van der Waals surface area contributed by atoms with E-state index in [2.05, 4.69) is 4.90 Å². The van der Waals surface area contributed by atoms with Gasteiger partial charge in [0.15, 0.2) is 0 Å². The van der Waals surface area contributed by atoms with Gasteiger partial charge in [-0.2, -0.15) is 0 Å². The Morgan fingerprint density at radius 3 is 2.90 bits per heavy atom. The zero-order chi connectivity index (χ0) is 14.1. The van der Waals surface area contributed by atoms with Crippen LogP contribution in [0, 0.1) is 18.7 Å². The molecule has 1 aromatic carbocycles. The number of aryl methyl sites for hydroxylation is 1. The number of Topliss-reactive ketones (excluding diaryl/α,β-unsaturated/α-hetero) is 1. The van der Waals surface area contributed by atoms with Crippen molar-refractivity contribution in [2.24, 2.45) is 5.92 Å². The van der Waals surface area contributed by atoms with E-state index in [-0.39, 0.29) is 11.7 Å². The Balaban J connectivity index is 1.75. The number of rotatable bonds is 3. The molecule has 1 aliphatic carbocycles. The van der Waals surface area contributed by atoms with E-state index in [0.29, 0.717) is 11.8 Å². The van der Waals surface area contributed by atoms with Crippen LogP contribution in [0.4, 0.5) is 4.39 Å². The van der Waals surface area contributed by atoms with Gasteiger partial charge >= 0.3 is 0 Å². The maximum absolute atomic E-state index is 13.4. The molecule has 2 atom stereocenters. The second-order valence-electron chi connectivity index (χ2n) is 6.22. The zero-order valence-electron chi connectivity index (χ0n) is 12.1. The predicted octanol–water partition coefficient (Wildman–Crippen LogP) is 3.47. The number of carbonyl (C=O) groups excluding carboxylic acids is 1. The smallest absolute Gasteiger partial charge is 0.137 e. The summed E-state index contributed by atoms with van der Waals surface area (Å²) in [7, 11) is 0. The molecule has 1 saturated heterocycles. The number of nitrogens with zero attached hydrogens (tertiary/aromatic N) is 1. The Morgan fingerprint density at radius 2 is 2.15 bits per heavy atom. The van der Waals surface area contributed by atoms with Crippen molar-refractivity contribution in [3.63, 3.8) is 0 Å². The van der Waals surface area contributed by atoms with Crippen molar-refractivity contribution < 1.29 is 9.18 Å². The van der Waals surface area contributed by atoms with Crippen LogP contribution >= 0.6 is 0 Å². The quantitative estimate of drug-likeness (QED) is 0.842. The van der Waals surface area contributed by atoms with Gasteiger partial charge < -0.3 is 0 Å². The zero-order valence-corrected chi connectivity index (χ0v) is 12.1. The number of hydrogen-bond acceptors (Lipinski definition) is 2. The Morgan fingerprint density at radius 1 is 1.30 bits per heavy atom. The van der Waals surface area contributed by atoms with Crippen molar-refractivity contribution in [3.05, 3.63) is 35.1 Å². The topological polar surface area (TPSA) is 20.3 Å². The maximum Gasteiger partial charge on any atom is 0.137 e. The first-order chi connectivity index (χ1) is 9.65. The number of carbonyl (C=O) groups is 1. The molecule has 1 aliphatic heterocycles. The largest absolute Gasteiger partial charge is 0.299 e. The van der Waals surface area contributed by atoms with Gasteiger partial charge in [0.05, 0.1) is 0 Å². The first-order valence-corrected chi connectivity index (χ1v) is 7.67. The minimum Gasteiger partial charge on any atom is -0.299 e. The molecule has 1 heterocycles. The van der Waals surface area contributed by atoms with Crippen LogP contribution in [0.25, 0.3) is 0 Å². The molecule has 2 unspecified atom stereocenters. The average Bonchev–Trinajstić information content (AvgIpc) is 3.02. The van der Waals surface area contributed by atoms with Crippen LogP contribution in [0.5, 0.6) is 0 Å². The molecule has 0 N–H and O–H groups in total. The molecule has 0 radical (unpaired) electrons. The van der Waals surface area contributed by atoms with Crippen molar-refractivity contribution in [2.45, 2.75) is 51.6 Å². The van der Waals surface area contributed by atoms with Crippen molar-refractivity contribution in [2.75, 3.05) is 6.54 Å². The lowest BCUT2D eigenvalue weighted by atomic mass is 9.94. The fourth-order valence-electron chi connectivity index (χ4n) is 3.78. The summed E-state index contributed by atoms with van der Waals surface area (Å²) in [6.45, 7) is 3.84. The molecule has 0 aromatic heterocycles. The molecule has 0 spiro atoms. The lowest BCUT2D eigenvalue weighted by molar-refractivity contribution is -0.122. The number of hydrogen-bond donors (Lipinski definition) is 0. The molecule has 0 bridgehead atoms. The molecule has 108 valence electrons. The summed E-state index contributed by atoms with van der Waals surface area (Å²) in [5.41, 5.74) is 2.19. The molecule has 20 heavy (non-hydrogen) atoms. The number of benzene rings is 1. The van der Waals surface area contributed by atoms with Crippen LogP contribution in [-0.4, -0.2) is 23.3 Å². The number of halogens is 1. The maximum atomic E-state index is 13.4. The van der Waals surface area contributed by atoms with E-state index in [1.54, 1.807) is 6.07 Å². The molecule has 3 rings (SSSR count). The van der Waals surface area contributed by atoms with E-state index in [0.717, 1.165) is 56.3 Å². The second kappa shape index (κ2) is 5.65. The molecule has 2 aliphatic rings. The molecule has 2 fully saturated rings. The summed E-state index contributed by atoms with van der Waals surface area (Å²) < 4.78 is 13.4. The van der Waals surface area contributed by atoms with Crippen LogP contribution in [0.3, 0.4) is 0 Å². The number of ketones is 1. The van der Waals surface area contributed by atoms with Crippen molar-refractivity contribution in [1.29, 1.82) is 0 Å². The van der Waals surface area contributed by atoms with Gasteiger partial charge in [-0.25, -0.2) is 4.39 Å². The van der Waals surface area contributed by atoms with Gasteiger partial charge in [-0.15, -0.1) is 0 Å². The third-order valence-corrected chi connectivity index (χ3v) is 4.92. The van der Waals surface area contributed by atoms with Gasteiger partial charge in [0, 0.05) is 24.9 Å². The summed E-state index contributed by atoms with van der Waals surface area (Å²) in [5, 5.41) is 0. The van der Waals surface area contributed by atoms with E-state index in [1.165, 1.54) is 6.07 Å². The summed E-state index contributed by atoms with van der Waals surface area (Å²) in [4.78, 5) is 14.4. The fourth-order valence-corrected chi connectivity index (χ4v) is 3.78. The Kier molecular flexibility index (Phi) is 3.88. The highest BCUT2D eigenvalue weighted by Crippen LogP contribution is 2.34. The Hall–Kier alpha value is -1.22. The highest BCUT2D eigenvalue weighted by atomic mass is 19.1. The highest BCUT2D eigenvalue weighted by Gasteiger charge is 2.37. The van der Waals surface area contributed by atoms with E-state index < -0.39 is 0 Å². The van der Waals surface area contributed by atoms with Crippen LogP contribution in [-0.2, 0) is 11.3 Å². The average molecular weight is 275 g/mol. The minimum absolute atomic E-state index is 0.168. The molecule has 1 saturated carbocycles.